The summed E-state index contributed by atoms with van der Waals surface area (Å²) >= 11 is 1.77. The highest BCUT2D eigenvalue weighted by Gasteiger charge is 2.03. The standard InChI is InChI=1S/C13H24N4OS.HI/c1-5-18-9-8-16-13(14-4)15-7-6-12-17-10(2)11(3)19-12;/h5-9H2,1-4H3,(H2,14,15,16);1H. The first-order valence-corrected chi connectivity index (χ1v) is 7.44. The quantitative estimate of drug-likeness (QED) is 0.312. The number of ether oxygens (including phenoxy) is 1. The lowest BCUT2D eigenvalue weighted by Gasteiger charge is -2.11. The number of halogens is 1. The summed E-state index contributed by atoms with van der Waals surface area (Å²) < 4.78 is 5.26. The van der Waals surface area contributed by atoms with Gasteiger partial charge in [0.05, 0.1) is 17.3 Å². The first kappa shape index (κ1) is 19.6. The highest BCUT2D eigenvalue weighted by molar-refractivity contribution is 14.0. The van der Waals surface area contributed by atoms with Gasteiger partial charge < -0.3 is 15.4 Å². The third-order valence-electron chi connectivity index (χ3n) is 2.67. The van der Waals surface area contributed by atoms with Gasteiger partial charge >= 0.3 is 0 Å². The average molecular weight is 412 g/mol. The summed E-state index contributed by atoms with van der Waals surface area (Å²) in [7, 11) is 1.77. The van der Waals surface area contributed by atoms with Gasteiger partial charge in [0.2, 0.25) is 0 Å². The van der Waals surface area contributed by atoms with E-state index in [0.29, 0.717) is 6.61 Å². The number of aryl methyl sites for hydroxylation is 2. The molecule has 0 aliphatic rings. The lowest BCUT2D eigenvalue weighted by molar-refractivity contribution is 0.152. The molecule has 0 aliphatic heterocycles. The van der Waals surface area contributed by atoms with Gasteiger partial charge in [-0.2, -0.15) is 0 Å². The first-order valence-electron chi connectivity index (χ1n) is 6.62. The molecule has 1 heterocycles. The molecule has 1 aromatic rings. The molecule has 1 aromatic heterocycles. The monoisotopic (exact) mass is 412 g/mol. The summed E-state index contributed by atoms with van der Waals surface area (Å²) in [5.74, 6) is 0.810. The lowest BCUT2D eigenvalue weighted by atomic mass is 10.4. The van der Waals surface area contributed by atoms with Crippen LogP contribution in [0.25, 0.3) is 0 Å². The van der Waals surface area contributed by atoms with Gasteiger partial charge in [0, 0.05) is 38.0 Å². The normalized spacial score (nSPS) is 11.1. The fourth-order valence-corrected chi connectivity index (χ4v) is 2.47. The van der Waals surface area contributed by atoms with Crippen molar-refractivity contribution >= 4 is 41.3 Å². The third kappa shape index (κ3) is 7.39. The summed E-state index contributed by atoms with van der Waals surface area (Å²) in [5, 5.41) is 7.65. The van der Waals surface area contributed by atoms with Crippen LogP contribution >= 0.6 is 35.3 Å². The van der Waals surface area contributed by atoms with E-state index in [1.165, 1.54) is 9.88 Å². The van der Waals surface area contributed by atoms with E-state index in [-0.39, 0.29) is 24.0 Å². The van der Waals surface area contributed by atoms with Crippen molar-refractivity contribution in [1.29, 1.82) is 0 Å². The Bertz CT molecular complexity index is 390. The van der Waals surface area contributed by atoms with Gasteiger partial charge in [0.1, 0.15) is 0 Å². The van der Waals surface area contributed by atoms with Gasteiger partial charge in [-0.3, -0.25) is 4.99 Å². The molecule has 0 aromatic carbocycles. The summed E-state index contributed by atoms with van der Waals surface area (Å²) in [6, 6.07) is 0. The number of aliphatic imine (C=N–C) groups is 1. The fourth-order valence-electron chi connectivity index (χ4n) is 1.54. The van der Waals surface area contributed by atoms with E-state index in [4.69, 9.17) is 4.74 Å². The highest BCUT2D eigenvalue weighted by Crippen LogP contribution is 2.16. The molecule has 0 bridgehead atoms. The van der Waals surface area contributed by atoms with Gasteiger partial charge in [-0.15, -0.1) is 35.3 Å². The van der Waals surface area contributed by atoms with Crippen molar-refractivity contribution in [3.63, 3.8) is 0 Å². The van der Waals surface area contributed by atoms with Crippen molar-refractivity contribution in [3.05, 3.63) is 15.6 Å². The van der Waals surface area contributed by atoms with Gasteiger partial charge in [0.15, 0.2) is 5.96 Å². The van der Waals surface area contributed by atoms with Crippen molar-refractivity contribution in [1.82, 2.24) is 15.6 Å². The van der Waals surface area contributed by atoms with Crippen molar-refractivity contribution in [2.24, 2.45) is 4.99 Å². The maximum Gasteiger partial charge on any atom is 0.191 e. The van der Waals surface area contributed by atoms with Crippen molar-refractivity contribution in [3.8, 4) is 0 Å². The van der Waals surface area contributed by atoms with Crippen molar-refractivity contribution < 1.29 is 4.74 Å². The average Bonchev–Trinajstić information content (AvgIpc) is 2.71. The van der Waals surface area contributed by atoms with E-state index in [9.17, 15) is 0 Å². The molecule has 0 unspecified atom stereocenters. The molecule has 0 atom stereocenters. The Morgan fingerprint density at radius 2 is 2.00 bits per heavy atom. The second-order valence-corrected chi connectivity index (χ2v) is 5.41. The predicted octanol–water partition coefficient (Wildman–Crippen LogP) is 2.12. The van der Waals surface area contributed by atoms with Crippen LogP contribution in [-0.4, -0.2) is 44.3 Å². The third-order valence-corrected chi connectivity index (χ3v) is 3.80. The number of nitrogens with zero attached hydrogens (tertiary/aromatic N) is 2. The number of nitrogens with one attached hydrogen (secondary N) is 2. The Morgan fingerprint density at radius 1 is 1.30 bits per heavy atom. The van der Waals surface area contributed by atoms with E-state index < -0.39 is 0 Å². The van der Waals surface area contributed by atoms with Gasteiger partial charge in [-0.25, -0.2) is 4.98 Å². The molecule has 0 spiro atoms. The number of thiazole rings is 1. The Balaban J connectivity index is 0.00000361. The second kappa shape index (κ2) is 11.3. The zero-order valence-corrected chi connectivity index (χ0v) is 15.8. The van der Waals surface area contributed by atoms with E-state index in [2.05, 4.69) is 34.5 Å². The topological polar surface area (TPSA) is 58.5 Å². The largest absolute Gasteiger partial charge is 0.380 e. The molecule has 0 fully saturated rings. The first-order chi connectivity index (χ1) is 9.17. The molecule has 0 amide bonds. The van der Waals surface area contributed by atoms with Crippen LogP contribution in [0, 0.1) is 13.8 Å². The second-order valence-electron chi connectivity index (χ2n) is 4.12. The van der Waals surface area contributed by atoms with Crippen LogP contribution in [-0.2, 0) is 11.2 Å². The fraction of sp³-hybridized carbons (Fsp3) is 0.692. The van der Waals surface area contributed by atoms with Gasteiger partial charge in [-0.1, -0.05) is 0 Å². The number of rotatable bonds is 7. The molecule has 5 nitrogen and oxygen atoms in total. The number of hydrogen-bond acceptors (Lipinski definition) is 4. The molecular formula is C13H25IN4OS. The minimum Gasteiger partial charge on any atom is -0.380 e. The van der Waals surface area contributed by atoms with Crippen LogP contribution < -0.4 is 10.6 Å². The van der Waals surface area contributed by atoms with E-state index in [0.717, 1.165) is 37.8 Å². The molecule has 1 rings (SSSR count). The molecule has 0 aliphatic carbocycles. The molecule has 0 saturated carbocycles. The highest BCUT2D eigenvalue weighted by atomic mass is 127. The maximum absolute atomic E-state index is 5.26. The Kier molecular flexibility index (Phi) is 11.0. The zero-order chi connectivity index (χ0) is 14.1. The predicted molar refractivity (Wildman–Crippen MR) is 96.6 cm³/mol. The smallest absolute Gasteiger partial charge is 0.191 e. The van der Waals surface area contributed by atoms with Crippen molar-refractivity contribution in [2.75, 3.05) is 33.4 Å². The van der Waals surface area contributed by atoms with Crippen LogP contribution in [0.4, 0.5) is 0 Å². The van der Waals surface area contributed by atoms with Gasteiger partial charge in [0.25, 0.3) is 0 Å². The van der Waals surface area contributed by atoms with E-state index in [1.54, 1.807) is 18.4 Å². The lowest BCUT2D eigenvalue weighted by Crippen LogP contribution is -2.39. The summed E-state index contributed by atoms with van der Waals surface area (Å²) in [6.45, 7) is 9.20. The number of hydrogen-bond donors (Lipinski definition) is 2. The Hall–Kier alpha value is -0.410. The van der Waals surface area contributed by atoms with E-state index >= 15 is 0 Å². The van der Waals surface area contributed by atoms with Crippen molar-refractivity contribution in [2.45, 2.75) is 27.2 Å². The molecule has 20 heavy (non-hydrogen) atoms. The van der Waals surface area contributed by atoms with Crippen LogP contribution in [0.15, 0.2) is 4.99 Å². The Morgan fingerprint density at radius 3 is 2.55 bits per heavy atom. The summed E-state index contributed by atoms with van der Waals surface area (Å²) in [5.41, 5.74) is 1.14. The Labute approximate surface area is 142 Å². The van der Waals surface area contributed by atoms with Crippen LogP contribution in [0.1, 0.15) is 22.5 Å². The molecular weight excluding hydrogens is 387 g/mol. The minimum atomic E-state index is 0. The SMILES string of the molecule is CCOCCNC(=NC)NCCc1nc(C)c(C)s1.I. The number of aromatic nitrogens is 1. The molecule has 7 heteroatoms. The molecule has 2 N–H and O–H groups in total. The van der Waals surface area contributed by atoms with Crippen LogP contribution in [0.3, 0.4) is 0 Å². The summed E-state index contributed by atoms with van der Waals surface area (Å²) in [4.78, 5) is 9.98. The maximum atomic E-state index is 5.26. The number of guanidine groups is 1. The molecule has 0 radical (unpaired) electrons. The zero-order valence-electron chi connectivity index (χ0n) is 12.7. The van der Waals surface area contributed by atoms with E-state index in [1.807, 2.05) is 6.92 Å². The minimum absolute atomic E-state index is 0. The van der Waals surface area contributed by atoms with Gasteiger partial charge in [-0.05, 0) is 20.8 Å². The summed E-state index contributed by atoms with van der Waals surface area (Å²) in [6.07, 6.45) is 0.922. The van der Waals surface area contributed by atoms with Crippen LogP contribution in [0.2, 0.25) is 0 Å². The molecule has 116 valence electrons. The van der Waals surface area contributed by atoms with Crippen LogP contribution in [0.5, 0.6) is 0 Å². The molecule has 0 saturated heterocycles.